The molecule has 0 aliphatic heterocycles. The van der Waals surface area contributed by atoms with Gasteiger partial charge in [0, 0.05) is 16.9 Å². The minimum atomic E-state index is -1.24. The van der Waals surface area contributed by atoms with Gasteiger partial charge in [0.05, 0.1) is 16.9 Å². The standard InChI is InChI=1S/C18H27NO4S/c1-6-12-22-18(20)19-14(3)13(2)15(4)23-16(5)24(21)17-10-8-7-9-11-17/h6-11,13-16H,1,12H2,2-5H3,(H,19,20). The van der Waals surface area contributed by atoms with Crippen molar-refractivity contribution in [1.29, 1.82) is 0 Å². The Morgan fingerprint density at radius 2 is 1.88 bits per heavy atom. The van der Waals surface area contributed by atoms with E-state index in [1.807, 2.05) is 51.1 Å². The molecular weight excluding hydrogens is 326 g/mol. The van der Waals surface area contributed by atoms with Crippen LogP contribution in [0.2, 0.25) is 0 Å². The Morgan fingerprint density at radius 1 is 1.25 bits per heavy atom. The van der Waals surface area contributed by atoms with Crippen molar-refractivity contribution in [2.75, 3.05) is 6.61 Å². The molecular formula is C18H27NO4S. The van der Waals surface area contributed by atoms with Crippen molar-refractivity contribution in [2.24, 2.45) is 5.92 Å². The lowest BCUT2D eigenvalue weighted by Gasteiger charge is -2.28. The predicted octanol–water partition coefficient (Wildman–Crippen LogP) is 3.48. The number of carbonyl (C=O) groups is 1. The third kappa shape index (κ3) is 6.45. The number of hydrogen-bond acceptors (Lipinski definition) is 4. The van der Waals surface area contributed by atoms with Gasteiger partial charge in [-0.15, -0.1) is 0 Å². The highest BCUT2D eigenvalue weighted by Crippen LogP contribution is 2.18. The third-order valence-corrected chi connectivity index (χ3v) is 5.34. The summed E-state index contributed by atoms with van der Waals surface area (Å²) in [6, 6.07) is 9.10. The molecule has 5 atom stereocenters. The Bertz CT molecular complexity index is 549. The SMILES string of the molecule is C=CCOC(=O)NC(C)C(C)C(C)OC(C)S(=O)c1ccccc1. The zero-order valence-corrected chi connectivity index (χ0v) is 15.5. The van der Waals surface area contributed by atoms with E-state index in [1.165, 1.54) is 6.08 Å². The average Bonchev–Trinajstić information content (AvgIpc) is 2.59. The molecule has 1 aromatic carbocycles. The molecule has 5 unspecified atom stereocenters. The summed E-state index contributed by atoms with van der Waals surface area (Å²) in [7, 11) is -1.24. The minimum absolute atomic E-state index is 0.0245. The van der Waals surface area contributed by atoms with Crippen molar-refractivity contribution in [3.63, 3.8) is 0 Å². The van der Waals surface area contributed by atoms with E-state index in [4.69, 9.17) is 9.47 Å². The van der Waals surface area contributed by atoms with Crippen molar-refractivity contribution in [2.45, 2.75) is 50.2 Å². The Morgan fingerprint density at radius 3 is 2.46 bits per heavy atom. The molecule has 1 amide bonds. The molecule has 1 rings (SSSR count). The normalized spacial score (nSPS) is 17.2. The first-order chi connectivity index (χ1) is 11.4. The smallest absolute Gasteiger partial charge is 0.407 e. The summed E-state index contributed by atoms with van der Waals surface area (Å²) in [5.74, 6) is 0.0245. The zero-order valence-electron chi connectivity index (χ0n) is 14.7. The van der Waals surface area contributed by atoms with Crippen LogP contribution in [0.4, 0.5) is 4.79 Å². The van der Waals surface area contributed by atoms with Crippen LogP contribution in [0.1, 0.15) is 27.7 Å². The van der Waals surface area contributed by atoms with Gasteiger partial charge in [0.15, 0.2) is 0 Å². The average molecular weight is 353 g/mol. The van der Waals surface area contributed by atoms with E-state index in [2.05, 4.69) is 11.9 Å². The molecule has 1 aromatic rings. The van der Waals surface area contributed by atoms with Gasteiger partial charge < -0.3 is 14.8 Å². The monoisotopic (exact) mass is 353 g/mol. The van der Waals surface area contributed by atoms with Crippen molar-refractivity contribution in [3.8, 4) is 0 Å². The van der Waals surface area contributed by atoms with E-state index in [0.717, 1.165) is 4.90 Å². The summed E-state index contributed by atoms with van der Waals surface area (Å²) in [5.41, 5.74) is -0.440. The second-order valence-corrected chi connectivity index (χ2v) is 7.43. The Labute approximate surface area is 146 Å². The Balaban J connectivity index is 2.53. The molecule has 0 saturated carbocycles. The minimum Gasteiger partial charge on any atom is -0.445 e. The van der Waals surface area contributed by atoms with Crippen LogP contribution in [0.5, 0.6) is 0 Å². The second kappa shape index (κ2) is 10.3. The van der Waals surface area contributed by atoms with Gasteiger partial charge in [-0.1, -0.05) is 37.8 Å². The molecule has 0 radical (unpaired) electrons. The molecule has 1 N–H and O–H groups in total. The maximum Gasteiger partial charge on any atom is 0.407 e. The topological polar surface area (TPSA) is 64.6 Å². The van der Waals surface area contributed by atoms with Crippen LogP contribution < -0.4 is 5.32 Å². The first kappa shape index (κ1) is 20.4. The second-order valence-electron chi connectivity index (χ2n) is 5.70. The van der Waals surface area contributed by atoms with E-state index in [9.17, 15) is 9.00 Å². The molecule has 0 bridgehead atoms. The molecule has 5 nitrogen and oxygen atoms in total. The van der Waals surface area contributed by atoms with Crippen LogP contribution in [0, 0.1) is 5.92 Å². The molecule has 0 spiro atoms. The van der Waals surface area contributed by atoms with Crippen molar-refractivity contribution in [1.82, 2.24) is 5.32 Å². The fourth-order valence-corrected chi connectivity index (χ4v) is 3.21. The van der Waals surface area contributed by atoms with Gasteiger partial charge >= 0.3 is 6.09 Å². The van der Waals surface area contributed by atoms with E-state index in [1.54, 1.807) is 6.92 Å². The third-order valence-electron chi connectivity index (χ3n) is 3.89. The van der Waals surface area contributed by atoms with E-state index < -0.39 is 22.3 Å². The van der Waals surface area contributed by atoms with Crippen LogP contribution in [0.25, 0.3) is 0 Å². The molecule has 0 aromatic heterocycles. The molecule has 0 heterocycles. The van der Waals surface area contributed by atoms with Gasteiger partial charge in [-0.2, -0.15) is 0 Å². The Kier molecular flexibility index (Phi) is 8.71. The first-order valence-electron chi connectivity index (χ1n) is 8.02. The molecule has 0 aliphatic carbocycles. The molecule has 6 heteroatoms. The van der Waals surface area contributed by atoms with Gasteiger partial charge in [-0.3, -0.25) is 4.21 Å². The van der Waals surface area contributed by atoms with Crippen molar-refractivity contribution >= 4 is 16.9 Å². The van der Waals surface area contributed by atoms with Gasteiger partial charge in [-0.05, 0) is 32.9 Å². The largest absolute Gasteiger partial charge is 0.445 e. The molecule has 0 aliphatic rings. The molecule has 0 saturated heterocycles. The summed E-state index contributed by atoms with van der Waals surface area (Å²) in [4.78, 5) is 12.3. The van der Waals surface area contributed by atoms with Gasteiger partial charge in [-0.25, -0.2) is 4.79 Å². The number of benzene rings is 1. The van der Waals surface area contributed by atoms with E-state index in [-0.39, 0.29) is 24.7 Å². The summed E-state index contributed by atoms with van der Waals surface area (Å²) in [6.45, 7) is 11.2. The molecule has 134 valence electrons. The fourth-order valence-electron chi connectivity index (χ4n) is 2.12. The van der Waals surface area contributed by atoms with Crippen LogP contribution in [-0.4, -0.2) is 34.5 Å². The van der Waals surface area contributed by atoms with Crippen molar-refractivity contribution in [3.05, 3.63) is 43.0 Å². The van der Waals surface area contributed by atoms with Gasteiger partial charge in [0.25, 0.3) is 0 Å². The number of carbonyl (C=O) groups excluding carboxylic acids is 1. The fraction of sp³-hybridized carbons (Fsp3) is 0.500. The molecule has 24 heavy (non-hydrogen) atoms. The maximum absolute atomic E-state index is 12.5. The number of alkyl carbamates (subject to hydrolysis) is 1. The highest BCUT2D eigenvalue weighted by molar-refractivity contribution is 7.85. The highest BCUT2D eigenvalue weighted by atomic mass is 32.2. The Hall–Kier alpha value is -1.66. The van der Waals surface area contributed by atoms with Gasteiger partial charge in [0.1, 0.15) is 12.0 Å². The lowest BCUT2D eigenvalue weighted by atomic mass is 9.98. The quantitative estimate of drug-likeness (QED) is 0.690. The molecule has 0 fully saturated rings. The van der Waals surface area contributed by atoms with Crippen LogP contribution in [0.3, 0.4) is 0 Å². The maximum atomic E-state index is 12.5. The lowest BCUT2D eigenvalue weighted by molar-refractivity contribution is 0.00997. The lowest BCUT2D eigenvalue weighted by Crippen LogP contribution is -2.42. The predicted molar refractivity (Wildman–Crippen MR) is 96.2 cm³/mol. The van der Waals surface area contributed by atoms with Crippen LogP contribution in [-0.2, 0) is 20.3 Å². The van der Waals surface area contributed by atoms with Gasteiger partial charge in [0.2, 0.25) is 0 Å². The van der Waals surface area contributed by atoms with E-state index >= 15 is 0 Å². The first-order valence-corrected chi connectivity index (χ1v) is 9.23. The summed E-state index contributed by atoms with van der Waals surface area (Å²) < 4.78 is 23.3. The van der Waals surface area contributed by atoms with Crippen LogP contribution in [0.15, 0.2) is 47.9 Å². The summed E-state index contributed by atoms with van der Waals surface area (Å²) in [5, 5.41) is 2.76. The van der Waals surface area contributed by atoms with Crippen molar-refractivity contribution < 1.29 is 18.5 Å². The summed E-state index contributed by atoms with van der Waals surface area (Å²) in [6.07, 6.45) is 0.852. The van der Waals surface area contributed by atoms with Crippen LogP contribution >= 0.6 is 0 Å². The highest BCUT2D eigenvalue weighted by Gasteiger charge is 2.25. The number of nitrogens with one attached hydrogen (secondary N) is 1. The number of ether oxygens (including phenoxy) is 2. The summed E-state index contributed by atoms with van der Waals surface area (Å²) >= 11 is 0. The number of amides is 1. The van der Waals surface area contributed by atoms with E-state index in [0.29, 0.717) is 0 Å². The number of hydrogen-bond donors (Lipinski definition) is 1. The zero-order chi connectivity index (χ0) is 18.1. The number of rotatable bonds is 9.